The number of pyridine rings is 1. The maximum Gasteiger partial charge on any atom is 0.255 e. The van der Waals surface area contributed by atoms with Gasteiger partial charge in [-0.3, -0.25) is 4.79 Å². The molecule has 0 saturated heterocycles. The number of carbonyl (C=O) groups excluding carboxylic acids is 1. The molecule has 1 aromatic heterocycles. The van der Waals surface area contributed by atoms with Crippen LogP contribution in [-0.4, -0.2) is 35.5 Å². The van der Waals surface area contributed by atoms with Crippen LogP contribution in [-0.2, 0) is 0 Å². The van der Waals surface area contributed by atoms with Gasteiger partial charge in [-0.05, 0) is 41.1 Å². The minimum Gasteiger partial charge on any atom is -0.369 e. The monoisotopic (exact) mass is 359 g/mol. The van der Waals surface area contributed by atoms with E-state index in [2.05, 4.69) is 45.4 Å². The third kappa shape index (κ3) is 5.32. The van der Waals surface area contributed by atoms with E-state index >= 15 is 0 Å². The second-order valence-electron chi connectivity index (χ2n) is 4.51. The number of nitrogens with one attached hydrogen (secondary N) is 2. The second kappa shape index (κ2) is 9.23. The number of halogens is 1. The van der Waals surface area contributed by atoms with Gasteiger partial charge in [0, 0.05) is 29.0 Å². The molecule has 4 nitrogen and oxygen atoms in total. The van der Waals surface area contributed by atoms with E-state index in [-0.39, 0.29) is 11.9 Å². The molecule has 20 heavy (non-hydrogen) atoms. The van der Waals surface area contributed by atoms with Crippen molar-refractivity contribution in [2.45, 2.75) is 32.7 Å². The fourth-order valence-electron chi connectivity index (χ4n) is 1.72. The number of hydrogen-bond donors (Lipinski definition) is 2. The zero-order valence-corrected chi connectivity index (χ0v) is 14.6. The highest BCUT2D eigenvalue weighted by Gasteiger charge is 2.16. The Bertz CT molecular complexity index is 442. The van der Waals surface area contributed by atoms with Crippen LogP contribution in [0.2, 0.25) is 0 Å². The topological polar surface area (TPSA) is 54.0 Å². The van der Waals surface area contributed by atoms with Gasteiger partial charge in [-0.15, -0.1) is 0 Å². The fraction of sp³-hybridized carbons (Fsp3) is 0.571. The molecule has 1 unspecified atom stereocenters. The van der Waals surface area contributed by atoms with E-state index in [1.165, 1.54) is 0 Å². The quantitative estimate of drug-likeness (QED) is 0.745. The van der Waals surface area contributed by atoms with Gasteiger partial charge in [0.25, 0.3) is 5.91 Å². The molecule has 6 heteroatoms. The van der Waals surface area contributed by atoms with Gasteiger partial charge in [-0.25, -0.2) is 4.98 Å². The predicted molar refractivity (Wildman–Crippen MR) is 90.6 cm³/mol. The zero-order valence-electron chi connectivity index (χ0n) is 12.2. The summed E-state index contributed by atoms with van der Waals surface area (Å²) in [5, 5.41) is 6.26. The molecule has 112 valence electrons. The van der Waals surface area contributed by atoms with Gasteiger partial charge < -0.3 is 10.6 Å². The zero-order chi connectivity index (χ0) is 15.0. The van der Waals surface area contributed by atoms with Gasteiger partial charge in [0.05, 0.1) is 5.56 Å². The summed E-state index contributed by atoms with van der Waals surface area (Å²) in [6.45, 7) is 4.96. The molecule has 1 rings (SSSR count). The lowest BCUT2D eigenvalue weighted by Crippen LogP contribution is -2.36. The van der Waals surface area contributed by atoms with Gasteiger partial charge in [0.15, 0.2) is 0 Å². The van der Waals surface area contributed by atoms with Gasteiger partial charge >= 0.3 is 0 Å². The molecule has 1 atom stereocenters. The van der Waals surface area contributed by atoms with Crippen molar-refractivity contribution in [3.8, 4) is 0 Å². The first-order chi connectivity index (χ1) is 9.62. The molecule has 2 N–H and O–H groups in total. The number of rotatable bonds is 8. The molecule has 0 aliphatic heterocycles. The van der Waals surface area contributed by atoms with Crippen molar-refractivity contribution >= 4 is 39.4 Å². The summed E-state index contributed by atoms with van der Waals surface area (Å²) >= 11 is 5.11. The Morgan fingerprint density at radius 3 is 2.85 bits per heavy atom. The first-order valence-electron chi connectivity index (χ1n) is 6.81. The molecule has 0 aliphatic carbocycles. The summed E-state index contributed by atoms with van der Waals surface area (Å²) in [6, 6.07) is 2.00. The van der Waals surface area contributed by atoms with Gasteiger partial charge in [-0.2, -0.15) is 11.8 Å². The Balaban J connectivity index is 2.86. The summed E-state index contributed by atoms with van der Waals surface area (Å²) in [5.74, 6) is 1.49. The maximum atomic E-state index is 12.4. The fourth-order valence-corrected chi connectivity index (χ4v) is 2.78. The smallest absolute Gasteiger partial charge is 0.255 e. The number of aromatic nitrogens is 1. The Morgan fingerprint density at radius 1 is 1.50 bits per heavy atom. The highest BCUT2D eigenvalue weighted by atomic mass is 79.9. The lowest BCUT2D eigenvalue weighted by molar-refractivity contribution is 0.0940. The molecule has 0 aromatic carbocycles. The number of hydrogen-bond acceptors (Lipinski definition) is 4. The SMILES string of the molecule is CCCNc1ncc(Br)cc1C(=O)NC(CC)CSC. The molecule has 0 aliphatic rings. The van der Waals surface area contributed by atoms with Crippen molar-refractivity contribution in [1.82, 2.24) is 10.3 Å². The number of nitrogens with zero attached hydrogens (tertiary/aromatic N) is 1. The molecule has 0 radical (unpaired) electrons. The number of carbonyl (C=O) groups is 1. The number of anilines is 1. The summed E-state index contributed by atoms with van der Waals surface area (Å²) in [4.78, 5) is 16.7. The third-order valence-electron chi connectivity index (χ3n) is 2.84. The van der Waals surface area contributed by atoms with Crippen molar-refractivity contribution in [3.05, 3.63) is 22.3 Å². The summed E-state index contributed by atoms with van der Waals surface area (Å²) in [6.07, 6.45) is 5.66. The number of amides is 1. The van der Waals surface area contributed by atoms with Gasteiger partial charge in [0.1, 0.15) is 5.82 Å². The Hall–Kier alpha value is -0.750. The summed E-state index contributed by atoms with van der Waals surface area (Å²) < 4.78 is 0.808. The van der Waals surface area contributed by atoms with Crippen molar-refractivity contribution in [3.63, 3.8) is 0 Å². The van der Waals surface area contributed by atoms with Crippen molar-refractivity contribution in [2.24, 2.45) is 0 Å². The molecule has 1 aromatic rings. The molecule has 0 spiro atoms. The largest absolute Gasteiger partial charge is 0.369 e. The lowest BCUT2D eigenvalue weighted by atomic mass is 10.2. The van der Waals surface area contributed by atoms with E-state index in [4.69, 9.17) is 0 Å². The molecule has 1 amide bonds. The Labute approximate surface area is 133 Å². The average molecular weight is 360 g/mol. The van der Waals surface area contributed by atoms with Crippen LogP contribution in [0.1, 0.15) is 37.0 Å². The average Bonchev–Trinajstić information content (AvgIpc) is 2.45. The highest BCUT2D eigenvalue weighted by molar-refractivity contribution is 9.10. The highest BCUT2D eigenvalue weighted by Crippen LogP contribution is 2.18. The minimum atomic E-state index is -0.0710. The van der Waals surface area contributed by atoms with Gasteiger partial charge in [0.2, 0.25) is 0 Å². The van der Waals surface area contributed by atoms with E-state index in [1.807, 2.05) is 12.3 Å². The van der Waals surface area contributed by atoms with Crippen LogP contribution in [0.25, 0.3) is 0 Å². The van der Waals surface area contributed by atoms with Crippen molar-refractivity contribution in [2.75, 3.05) is 23.9 Å². The first kappa shape index (κ1) is 17.3. The molecular formula is C14H22BrN3OS. The van der Waals surface area contributed by atoms with Gasteiger partial charge in [-0.1, -0.05) is 13.8 Å². The maximum absolute atomic E-state index is 12.4. The Morgan fingerprint density at radius 2 is 2.25 bits per heavy atom. The summed E-state index contributed by atoms with van der Waals surface area (Å²) in [7, 11) is 0. The van der Waals surface area contributed by atoms with Crippen molar-refractivity contribution < 1.29 is 4.79 Å². The molecular weight excluding hydrogens is 338 g/mol. The van der Waals surface area contributed by atoms with Crippen LogP contribution in [0.3, 0.4) is 0 Å². The predicted octanol–water partition coefficient (Wildman–Crippen LogP) is 3.54. The van der Waals surface area contributed by atoms with Crippen LogP contribution in [0, 0.1) is 0 Å². The van der Waals surface area contributed by atoms with E-state index in [9.17, 15) is 4.79 Å². The summed E-state index contributed by atoms with van der Waals surface area (Å²) in [5.41, 5.74) is 0.590. The second-order valence-corrected chi connectivity index (χ2v) is 6.34. The molecule has 0 saturated carbocycles. The van der Waals surface area contributed by atoms with E-state index in [0.717, 1.165) is 29.6 Å². The van der Waals surface area contributed by atoms with Crippen LogP contribution in [0.5, 0.6) is 0 Å². The standard InChI is InChI=1S/C14H22BrN3OS/c1-4-6-16-13-12(7-10(15)8-17-13)14(19)18-11(5-2)9-20-3/h7-8,11H,4-6,9H2,1-3H3,(H,16,17)(H,18,19). The molecule has 0 fully saturated rings. The molecule has 0 bridgehead atoms. The van der Waals surface area contributed by atoms with E-state index in [0.29, 0.717) is 11.4 Å². The third-order valence-corrected chi connectivity index (χ3v) is 4.01. The minimum absolute atomic E-state index is 0.0710. The van der Waals surface area contributed by atoms with E-state index < -0.39 is 0 Å². The lowest BCUT2D eigenvalue weighted by Gasteiger charge is -2.17. The number of thioether (sulfide) groups is 1. The van der Waals surface area contributed by atoms with Crippen LogP contribution >= 0.6 is 27.7 Å². The molecule has 1 heterocycles. The van der Waals surface area contributed by atoms with Crippen LogP contribution in [0.4, 0.5) is 5.82 Å². The first-order valence-corrected chi connectivity index (χ1v) is 9.00. The Kier molecular flexibility index (Phi) is 7.99. The van der Waals surface area contributed by atoms with Crippen molar-refractivity contribution in [1.29, 1.82) is 0 Å². The normalized spacial score (nSPS) is 12.0. The van der Waals surface area contributed by atoms with E-state index in [1.54, 1.807) is 18.0 Å². The van der Waals surface area contributed by atoms with Crippen LogP contribution in [0.15, 0.2) is 16.7 Å². The van der Waals surface area contributed by atoms with Crippen LogP contribution < -0.4 is 10.6 Å².